The number of carbonyl (C=O) groups excluding carboxylic acids is 1. The maximum atomic E-state index is 12.3. The first-order valence-electron chi connectivity index (χ1n) is 7.05. The topological polar surface area (TPSA) is 54.4 Å². The normalized spacial score (nSPS) is 25.6. The van der Waals surface area contributed by atoms with Crippen LogP contribution in [0.5, 0.6) is 0 Å². The standard InChI is InChI=1S/C17H20O3/c1-11-7-8-13(9-12(11)2)10-16(18)14-5-3-4-6-15(14)17(19)20/h5-9,11-12H,3-4,10H2,1-2H3,(H,19,20). The number of ketones is 1. The summed E-state index contributed by atoms with van der Waals surface area (Å²) in [5.41, 5.74) is 1.50. The van der Waals surface area contributed by atoms with Crippen molar-refractivity contribution in [2.24, 2.45) is 11.8 Å². The van der Waals surface area contributed by atoms with Crippen LogP contribution in [0.2, 0.25) is 0 Å². The van der Waals surface area contributed by atoms with Gasteiger partial charge in [0.1, 0.15) is 0 Å². The van der Waals surface area contributed by atoms with E-state index < -0.39 is 5.97 Å². The molecule has 2 rings (SSSR count). The van der Waals surface area contributed by atoms with Crippen molar-refractivity contribution in [1.82, 2.24) is 0 Å². The molecule has 20 heavy (non-hydrogen) atoms. The minimum absolute atomic E-state index is 0.101. The van der Waals surface area contributed by atoms with Crippen molar-refractivity contribution in [1.29, 1.82) is 0 Å². The lowest BCUT2D eigenvalue weighted by Crippen LogP contribution is -2.15. The molecule has 0 heterocycles. The van der Waals surface area contributed by atoms with Gasteiger partial charge in [-0.25, -0.2) is 4.79 Å². The van der Waals surface area contributed by atoms with Gasteiger partial charge in [-0.1, -0.05) is 44.2 Å². The molecule has 2 atom stereocenters. The van der Waals surface area contributed by atoms with Crippen LogP contribution in [0.15, 0.2) is 47.1 Å². The van der Waals surface area contributed by atoms with Crippen LogP contribution in [0, 0.1) is 11.8 Å². The summed E-state index contributed by atoms with van der Waals surface area (Å²) in [6.45, 7) is 4.27. The highest BCUT2D eigenvalue weighted by Gasteiger charge is 2.23. The zero-order valence-corrected chi connectivity index (χ0v) is 11.9. The number of carboxylic acids is 1. The number of Topliss-reactive ketones (excluding diaryl/α,β-unsaturated/α-hetero) is 1. The van der Waals surface area contributed by atoms with Crippen LogP contribution in [-0.4, -0.2) is 16.9 Å². The van der Waals surface area contributed by atoms with Gasteiger partial charge in [-0.3, -0.25) is 4.79 Å². The molecule has 0 radical (unpaired) electrons. The van der Waals surface area contributed by atoms with Gasteiger partial charge in [-0.05, 0) is 30.3 Å². The Bertz CT molecular complexity index is 547. The Morgan fingerprint density at radius 3 is 2.40 bits per heavy atom. The van der Waals surface area contributed by atoms with Crippen molar-refractivity contribution >= 4 is 11.8 Å². The monoisotopic (exact) mass is 272 g/mol. The summed E-state index contributed by atoms with van der Waals surface area (Å²) >= 11 is 0. The summed E-state index contributed by atoms with van der Waals surface area (Å²) < 4.78 is 0. The smallest absolute Gasteiger partial charge is 0.336 e. The second kappa shape index (κ2) is 6.04. The Hall–Kier alpha value is -1.90. The van der Waals surface area contributed by atoms with Crippen LogP contribution < -0.4 is 0 Å². The van der Waals surface area contributed by atoms with Crippen LogP contribution in [0.1, 0.15) is 33.1 Å². The molecule has 2 unspecified atom stereocenters. The third-order valence-electron chi connectivity index (χ3n) is 3.97. The number of carboxylic acid groups (broad SMARTS) is 1. The van der Waals surface area contributed by atoms with E-state index in [9.17, 15) is 9.59 Å². The van der Waals surface area contributed by atoms with Gasteiger partial charge < -0.3 is 5.11 Å². The van der Waals surface area contributed by atoms with E-state index in [1.54, 1.807) is 12.2 Å². The average Bonchev–Trinajstić information content (AvgIpc) is 2.43. The fraction of sp³-hybridized carbons (Fsp3) is 0.412. The number of aliphatic carboxylic acids is 1. The number of carbonyl (C=O) groups is 2. The van der Waals surface area contributed by atoms with Crippen molar-refractivity contribution in [2.75, 3.05) is 0 Å². The summed E-state index contributed by atoms with van der Waals surface area (Å²) in [6.07, 6.45) is 11.3. The number of rotatable bonds is 4. The van der Waals surface area contributed by atoms with Crippen LogP contribution in [-0.2, 0) is 9.59 Å². The molecule has 0 spiro atoms. The van der Waals surface area contributed by atoms with Crippen LogP contribution >= 0.6 is 0 Å². The Labute approximate surface area is 119 Å². The van der Waals surface area contributed by atoms with Crippen molar-refractivity contribution < 1.29 is 14.7 Å². The van der Waals surface area contributed by atoms with Crippen molar-refractivity contribution in [3.8, 4) is 0 Å². The SMILES string of the molecule is CC1C=CC(CC(=O)C2=CCCC=C2C(=O)O)=CC1C. The highest BCUT2D eigenvalue weighted by Crippen LogP contribution is 2.27. The second-order valence-electron chi connectivity index (χ2n) is 5.54. The van der Waals surface area contributed by atoms with Gasteiger partial charge in [-0.15, -0.1) is 0 Å². The van der Waals surface area contributed by atoms with E-state index in [-0.39, 0.29) is 17.8 Å². The largest absolute Gasteiger partial charge is 0.478 e. The van der Waals surface area contributed by atoms with Gasteiger partial charge >= 0.3 is 5.97 Å². The Kier molecular flexibility index (Phi) is 4.38. The quantitative estimate of drug-likeness (QED) is 0.852. The summed E-state index contributed by atoms with van der Waals surface area (Å²) in [5.74, 6) is -0.217. The summed E-state index contributed by atoms with van der Waals surface area (Å²) in [7, 11) is 0. The molecule has 106 valence electrons. The molecule has 2 aliphatic carbocycles. The second-order valence-corrected chi connectivity index (χ2v) is 5.54. The first kappa shape index (κ1) is 14.5. The minimum atomic E-state index is -1.01. The third kappa shape index (κ3) is 3.16. The lowest BCUT2D eigenvalue weighted by Gasteiger charge is -2.19. The zero-order valence-electron chi connectivity index (χ0n) is 11.9. The molecular weight excluding hydrogens is 252 g/mol. The molecule has 0 bridgehead atoms. The predicted molar refractivity (Wildman–Crippen MR) is 78.2 cm³/mol. The van der Waals surface area contributed by atoms with E-state index >= 15 is 0 Å². The summed E-state index contributed by atoms with van der Waals surface area (Å²) in [6, 6.07) is 0. The van der Waals surface area contributed by atoms with Gasteiger partial charge in [0.05, 0.1) is 5.57 Å². The van der Waals surface area contributed by atoms with E-state index in [2.05, 4.69) is 26.0 Å². The molecule has 2 aliphatic rings. The molecule has 0 aliphatic heterocycles. The van der Waals surface area contributed by atoms with Crippen LogP contribution in [0.25, 0.3) is 0 Å². The fourth-order valence-electron chi connectivity index (χ4n) is 2.54. The van der Waals surface area contributed by atoms with Gasteiger partial charge in [0.15, 0.2) is 5.78 Å². The zero-order chi connectivity index (χ0) is 14.7. The van der Waals surface area contributed by atoms with E-state index in [1.165, 1.54) is 0 Å². The molecule has 0 aromatic rings. The lowest BCUT2D eigenvalue weighted by molar-refractivity contribution is -0.133. The van der Waals surface area contributed by atoms with Gasteiger partial charge in [0.25, 0.3) is 0 Å². The Balaban J connectivity index is 2.11. The van der Waals surface area contributed by atoms with E-state index in [4.69, 9.17) is 5.11 Å². The van der Waals surface area contributed by atoms with Crippen molar-refractivity contribution in [3.63, 3.8) is 0 Å². The van der Waals surface area contributed by atoms with Gasteiger partial charge in [0, 0.05) is 12.0 Å². The fourth-order valence-corrected chi connectivity index (χ4v) is 2.54. The molecule has 3 heteroatoms. The molecule has 0 aromatic heterocycles. The van der Waals surface area contributed by atoms with E-state index in [0.717, 1.165) is 12.0 Å². The number of allylic oxidation sites excluding steroid dienone is 6. The summed E-state index contributed by atoms with van der Waals surface area (Å²) in [5, 5.41) is 9.15. The molecular formula is C17H20O3. The van der Waals surface area contributed by atoms with Gasteiger partial charge in [0.2, 0.25) is 0 Å². The van der Waals surface area contributed by atoms with Crippen molar-refractivity contribution in [3.05, 3.63) is 47.1 Å². The molecule has 0 saturated carbocycles. The lowest BCUT2D eigenvalue weighted by atomic mass is 9.85. The van der Waals surface area contributed by atoms with Gasteiger partial charge in [-0.2, -0.15) is 0 Å². The number of hydrogen-bond donors (Lipinski definition) is 1. The first-order valence-corrected chi connectivity index (χ1v) is 7.05. The number of hydrogen-bond acceptors (Lipinski definition) is 2. The Morgan fingerprint density at radius 1 is 1.15 bits per heavy atom. The minimum Gasteiger partial charge on any atom is -0.478 e. The van der Waals surface area contributed by atoms with Crippen LogP contribution in [0.3, 0.4) is 0 Å². The molecule has 0 saturated heterocycles. The third-order valence-corrected chi connectivity index (χ3v) is 3.97. The van der Waals surface area contributed by atoms with E-state index in [0.29, 0.717) is 23.8 Å². The highest BCUT2D eigenvalue weighted by molar-refractivity contribution is 6.10. The maximum Gasteiger partial charge on any atom is 0.336 e. The summed E-state index contributed by atoms with van der Waals surface area (Å²) in [4.78, 5) is 23.5. The molecule has 0 aromatic carbocycles. The Morgan fingerprint density at radius 2 is 1.80 bits per heavy atom. The highest BCUT2D eigenvalue weighted by atomic mass is 16.4. The molecule has 0 fully saturated rings. The first-order chi connectivity index (χ1) is 9.49. The maximum absolute atomic E-state index is 12.3. The predicted octanol–water partition coefficient (Wildman–Crippen LogP) is 3.45. The van der Waals surface area contributed by atoms with Crippen LogP contribution in [0.4, 0.5) is 0 Å². The molecule has 0 amide bonds. The van der Waals surface area contributed by atoms with Crippen molar-refractivity contribution in [2.45, 2.75) is 33.1 Å². The molecule has 1 N–H and O–H groups in total. The molecule has 3 nitrogen and oxygen atoms in total. The van der Waals surface area contributed by atoms with E-state index in [1.807, 2.05) is 6.08 Å². The average molecular weight is 272 g/mol.